The molecule has 0 spiro atoms. The average molecular weight is 396 g/mol. The van der Waals surface area contributed by atoms with Gasteiger partial charge in [0, 0.05) is 31.1 Å². The Morgan fingerprint density at radius 2 is 1.70 bits per heavy atom. The summed E-state index contributed by atoms with van der Waals surface area (Å²) in [4.78, 5) is 19.8. The number of aromatic nitrogens is 2. The van der Waals surface area contributed by atoms with Gasteiger partial charge in [0.1, 0.15) is 5.82 Å². The summed E-state index contributed by atoms with van der Waals surface area (Å²) in [5.74, 6) is 1.25. The van der Waals surface area contributed by atoms with Crippen LogP contribution < -0.4 is 4.90 Å². The van der Waals surface area contributed by atoms with E-state index in [0.717, 1.165) is 34.7 Å². The first-order chi connectivity index (χ1) is 14.6. The van der Waals surface area contributed by atoms with Gasteiger partial charge in [0.25, 0.3) is 0 Å². The second kappa shape index (κ2) is 7.45. The second-order valence-electron chi connectivity index (χ2n) is 8.28. The van der Waals surface area contributed by atoms with Crippen molar-refractivity contribution in [2.24, 2.45) is 0 Å². The number of carbonyl (C=O) groups is 1. The minimum atomic E-state index is 0.0789. The summed E-state index contributed by atoms with van der Waals surface area (Å²) in [7, 11) is 0. The van der Waals surface area contributed by atoms with Gasteiger partial charge in [0.05, 0.1) is 11.0 Å². The number of benzene rings is 3. The number of para-hydroxylation sites is 2. The molecule has 1 aliphatic heterocycles. The van der Waals surface area contributed by atoms with Crippen molar-refractivity contribution >= 4 is 22.6 Å². The second-order valence-corrected chi connectivity index (χ2v) is 8.28. The molecule has 2 heterocycles. The van der Waals surface area contributed by atoms with Crippen LogP contribution in [0.2, 0.25) is 0 Å². The molecular formula is C26H25N3O. The van der Waals surface area contributed by atoms with Crippen LogP contribution in [-0.2, 0) is 11.3 Å². The standard InChI is InChI=1S/C26H25N3O/c1-18-7-5-9-20(13-18)16-29-24-12-4-3-11-23(24)27-26(29)21-15-25(30)28(17-21)22-10-6-8-19(2)14-22/h3-14,21H,15-17H2,1-2H3/t21-/m1/s1. The Hall–Kier alpha value is -3.40. The van der Waals surface area contributed by atoms with E-state index < -0.39 is 0 Å². The molecule has 1 aliphatic rings. The van der Waals surface area contributed by atoms with Crippen LogP contribution in [0.3, 0.4) is 0 Å². The fraction of sp³-hybridized carbons (Fsp3) is 0.231. The van der Waals surface area contributed by atoms with Crippen molar-refractivity contribution in [3.05, 3.63) is 95.3 Å². The third kappa shape index (κ3) is 3.39. The van der Waals surface area contributed by atoms with Crippen molar-refractivity contribution < 1.29 is 4.79 Å². The number of anilines is 1. The lowest BCUT2D eigenvalue weighted by atomic mass is 10.1. The number of fused-ring (bicyclic) bond motifs is 1. The van der Waals surface area contributed by atoms with Crippen LogP contribution in [0.4, 0.5) is 5.69 Å². The number of rotatable bonds is 4. The summed E-state index contributed by atoms with van der Waals surface area (Å²) in [5, 5.41) is 0. The van der Waals surface area contributed by atoms with E-state index in [1.165, 1.54) is 11.1 Å². The molecule has 1 atom stereocenters. The third-order valence-corrected chi connectivity index (χ3v) is 5.91. The highest BCUT2D eigenvalue weighted by Crippen LogP contribution is 2.33. The van der Waals surface area contributed by atoms with Gasteiger partial charge in [-0.3, -0.25) is 4.79 Å². The van der Waals surface area contributed by atoms with E-state index in [-0.39, 0.29) is 11.8 Å². The molecule has 1 amide bonds. The van der Waals surface area contributed by atoms with Crippen molar-refractivity contribution in [3.63, 3.8) is 0 Å². The number of imidazole rings is 1. The molecule has 5 rings (SSSR count). The fourth-order valence-corrected chi connectivity index (χ4v) is 4.49. The first-order valence-corrected chi connectivity index (χ1v) is 10.5. The number of nitrogens with zero attached hydrogens (tertiary/aromatic N) is 3. The molecule has 0 N–H and O–H groups in total. The Kier molecular flexibility index (Phi) is 4.62. The van der Waals surface area contributed by atoms with Crippen molar-refractivity contribution in [1.29, 1.82) is 0 Å². The minimum Gasteiger partial charge on any atom is -0.323 e. The van der Waals surface area contributed by atoms with Gasteiger partial charge in [-0.15, -0.1) is 0 Å². The molecule has 1 fully saturated rings. The fourth-order valence-electron chi connectivity index (χ4n) is 4.49. The van der Waals surface area contributed by atoms with Crippen LogP contribution in [0, 0.1) is 13.8 Å². The van der Waals surface area contributed by atoms with E-state index in [2.05, 4.69) is 73.0 Å². The molecule has 0 unspecified atom stereocenters. The number of hydrogen-bond donors (Lipinski definition) is 0. The number of amides is 1. The molecule has 4 nitrogen and oxygen atoms in total. The zero-order chi connectivity index (χ0) is 20.7. The summed E-state index contributed by atoms with van der Waals surface area (Å²) in [6.45, 7) is 5.60. The van der Waals surface area contributed by atoms with Gasteiger partial charge in [-0.1, -0.05) is 54.1 Å². The number of aryl methyl sites for hydroxylation is 2. The van der Waals surface area contributed by atoms with Crippen molar-refractivity contribution in [2.75, 3.05) is 11.4 Å². The highest BCUT2D eigenvalue weighted by Gasteiger charge is 2.34. The Morgan fingerprint density at radius 1 is 0.933 bits per heavy atom. The molecular weight excluding hydrogens is 370 g/mol. The summed E-state index contributed by atoms with van der Waals surface area (Å²) < 4.78 is 2.29. The molecule has 1 saturated heterocycles. The van der Waals surface area contributed by atoms with Crippen LogP contribution in [0.15, 0.2) is 72.8 Å². The maximum Gasteiger partial charge on any atom is 0.227 e. The monoisotopic (exact) mass is 395 g/mol. The SMILES string of the molecule is Cc1cccc(Cn2c([C@@H]3CC(=O)N(c4cccc(C)c4)C3)nc3ccccc32)c1. The molecule has 0 bridgehead atoms. The Labute approximate surface area is 176 Å². The summed E-state index contributed by atoms with van der Waals surface area (Å²) in [6, 6.07) is 25.0. The van der Waals surface area contributed by atoms with E-state index in [4.69, 9.17) is 4.98 Å². The van der Waals surface area contributed by atoms with Gasteiger partial charge in [-0.25, -0.2) is 4.98 Å². The molecule has 4 aromatic rings. The number of carbonyl (C=O) groups excluding carboxylic acids is 1. The van der Waals surface area contributed by atoms with Gasteiger partial charge >= 0.3 is 0 Å². The highest BCUT2D eigenvalue weighted by atomic mass is 16.2. The van der Waals surface area contributed by atoms with E-state index in [9.17, 15) is 4.79 Å². The van der Waals surface area contributed by atoms with E-state index in [1.54, 1.807) is 0 Å². The lowest BCUT2D eigenvalue weighted by Gasteiger charge is -2.18. The Morgan fingerprint density at radius 3 is 2.50 bits per heavy atom. The zero-order valence-electron chi connectivity index (χ0n) is 17.4. The smallest absolute Gasteiger partial charge is 0.227 e. The first kappa shape index (κ1) is 18.6. The minimum absolute atomic E-state index is 0.0789. The van der Waals surface area contributed by atoms with E-state index in [0.29, 0.717) is 13.0 Å². The third-order valence-electron chi connectivity index (χ3n) is 5.91. The predicted molar refractivity (Wildman–Crippen MR) is 121 cm³/mol. The molecule has 0 radical (unpaired) electrons. The molecule has 150 valence electrons. The van der Waals surface area contributed by atoms with Crippen molar-refractivity contribution in [1.82, 2.24) is 9.55 Å². The Bertz CT molecular complexity index is 1240. The van der Waals surface area contributed by atoms with Gasteiger partial charge in [-0.2, -0.15) is 0 Å². The van der Waals surface area contributed by atoms with Gasteiger partial charge < -0.3 is 9.47 Å². The number of hydrogen-bond acceptors (Lipinski definition) is 2. The Balaban J connectivity index is 1.53. The van der Waals surface area contributed by atoms with Crippen LogP contribution in [0.25, 0.3) is 11.0 Å². The van der Waals surface area contributed by atoms with Crippen molar-refractivity contribution in [2.45, 2.75) is 32.7 Å². The van der Waals surface area contributed by atoms with Crippen molar-refractivity contribution in [3.8, 4) is 0 Å². The van der Waals surface area contributed by atoms with E-state index in [1.807, 2.05) is 23.1 Å². The largest absolute Gasteiger partial charge is 0.323 e. The molecule has 0 saturated carbocycles. The summed E-state index contributed by atoms with van der Waals surface area (Å²) >= 11 is 0. The molecule has 4 heteroatoms. The predicted octanol–water partition coefficient (Wildman–Crippen LogP) is 5.22. The van der Waals surface area contributed by atoms with Gasteiger partial charge in [0.2, 0.25) is 5.91 Å². The van der Waals surface area contributed by atoms with Crippen LogP contribution in [0.5, 0.6) is 0 Å². The van der Waals surface area contributed by atoms with Crippen LogP contribution >= 0.6 is 0 Å². The lowest BCUT2D eigenvalue weighted by Crippen LogP contribution is -2.24. The topological polar surface area (TPSA) is 38.1 Å². The zero-order valence-corrected chi connectivity index (χ0v) is 17.4. The summed E-state index contributed by atoms with van der Waals surface area (Å²) in [5.41, 5.74) is 6.75. The van der Waals surface area contributed by atoms with Gasteiger partial charge in [0.15, 0.2) is 0 Å². The normalized spacial score (nSPS) is 16.5. The van der Waals surface area contributed by atoms with Crippen LogP contribution in [-0.4, -0.2) is 22.0 Å². The highest BCUT2D eigenvalue weighted by molar-refractivity contribution is 5.96. The first-order valence-electron chi connectivity index (χ1n) is 10.5. The molecule has 0 aliphatic carbocycles. The average Bonchev–Trinajstić information content (AvgIpc) is 3.29. The molecule has 3 aromatic carbocycles. The maximum atomic E-state index is 12.9. The maximum absolute atomic E-state index is 12.9. The quantitative estimate of drug-likeness (QED) is 0.475. The summed E-state index contributed by atoms with van der Waals surface area (Å²) in [6.07, 6.45) is 0.491. The van der Waals surface area contributed by atoms with Crippen LogP contribution in [0.1, 0.15) is 34.9 Å². The molecule has 30 heavy (non-hydrogen) atoms. The van der Waals surface area contributed by atoms with Gasteiger partial charge in [-0.05, 0) is 49.2 Å². The van der Waals surface area contributed by atoms with E-state index >= 15 is 0 Å². The lowest BCUT2D eigenvalue weighted by molar-refractivity contribution is -0.117. The molecule has 1 aromatic heterocycles.